The van der Waals surface area contributed by atoms with Gasteiger partial charge in [-0.3, -0.25) is 0 Å². The molecule has 6 aromatic rings. The Bertz CT molecular complexity index is 2350. The molecule has 9 nitrogen and oxygen atoms in total. The molecule has 0 unspecified atom stereocenters. The van der Waals surface area contributed by atoms with E-state index in [2.05, 4.69) is 0 Å². The molecule has 8 N–H and O–H groups in total. The lowest BCUT2D eigenvalue weighted by Crippen LogP contribution is -2.26. The fourth-order valence-electron chi connectivity index (χ4n) is 9.07. The molecule has 3 aliphatic rings. The highest BCUT2D eigenvalue weighted by Gasteiger charge is 2.54. The van der Waals surface area contributed by atoms with E-state index in [1.54, 1.807) is 97.1 Å². The average molecular weight is 681 g/mol. The summed E-state index contributed by atoms with van der Waals surface area (Å²) >= 11 is 0. The van der Waals surface area contributed by atoms with Crippen molar-refractivity contribution < 1.29 is 45.6 Å². The highest BCUT2D eigenvalue weighted by Crippen LogP contribution is 2.69. The second-order valence-electron chi connectivity index (χ2n) is 13.7. The Morgan fingerprint density at radius 2 is 0.745 bits per heavy atom. The van der Waals surface area contributed by atoms with Crippen LogP contribution in [-0.4, -0.2) is 40.9 Å². The minimum atomic E-state index is -0.716. The Morgan fingerprint density at radius 1 is 0.353 bits per heavy atom. The largest absolute Gasteiger partial charge is 0.508 e. The monoisotopic (exact) mass is 680 g/mol. The maximum atomic E-state index is 12.0. The minimum absolute atomic E-state index is 0.0388. The molecule has 9 rings (SSSR count). The maximum Gasteiger partial charge on any atom is 0.135 e. The van der Waals surface area contributed by atoms with Gasteiger partial charge < -0.3 is 45.6 Å². The van der Waals surface area contributed by atoms with Crippen molar-refractivity contribution in [1.29, 1.82) is 0 Å². The third kappa shape index (κ3) is 4.61. The first-order valence-electron chi connectivity index (χ1n) is 16.6. The maximum absolute atomic E-state index is 12.0. The molecule has 6 aromatic carbocycles. The van der Waals surface area contributed by atoms with Crippen LogP contribution in [-0.2, 0) is 0 Å². The molecule has 1 aliphatic heterocycles. The minimum Gasteiger partial charge on any atom is -0.508 e. The molecule has 6 atom stereocenters. The van der Waals surface area contributed by atoms with Crippen molar-refractivity contribution in [2.45, 2.75) is 35.7 Å². The Labute approximate surface area is 291 Å². The molecule has 0 aromatic heterocycles. The second-order valence-corrected chi connectivity index (χ2v) is 13.7. The fourth-order valence-corrected chi connectivity index (χ4v) is 9.07. The molecule has 0 saturated heterocycles. The molecular weight excluding hydrogens is 648 g/mol. The van der Waals surface area contributed by atoms with Gasteiger partial charge in [0, 0.05) is 58.6 Å². The smallest absolute Gasteiger partial charge is 0.135 e. The van der Waals surface area contributed by atoms with E-state index < -0.39 is 35.7 Å². The van der Waals surface area contributed by atoms with Gasteiger partial charge in [-0.05, 0) is 88.0 Å². The molecule has 2 aliphatic carbocycles. The number of aromatic hydroxyl groups is 8. The molecule has 254 valence electrons. The van der Waals surface area contributed by atoms with Crippen molar-refractivity contribution in [3.63, 3.8) is 0 Å². The SMILES string of the molecule is Oc1ccc([C@H]2c3c(O)cc(O)cc3[C@H]3c4c(cc(O)cc4[C@H]4[C@H](c5ccc(O)cc5)c5c(O)cc(O)cc5[C@H]24)O[C@@H]3c2ccc(O)cc2)cc1. The summed E-state index contributed by atoms with van der Waals surface area (Å²) in [7, 11) is 0. The van der Waals surface area contributed by atoms with E-state index in [4.69, 9.17) is 4.74 Å². The lowest BCUT2D eigenvalue weighted by molar-refractivity contribution is 0.220. The molecule has 51 heavy (non-hydrogen) atoms. The topological polar surface area (TPSA) is 171 Å². The molecule has 0 bridgehead atoms. The van der Waals surface area contributed by atoms with Gasteiger partial charge in [-0.15, -0.1) is 0 Å². The van der Waals surface area contributed by atoms with Gasteiger partial charge in [0.15, 0.2) is 0 Å². The van der Waals surface area contributed by atoms with Gasteiger partial charge in [-0.25, -0.2) is 0 Å². The molecule has 0 radical (unpaired) electrons. The molecule has 0 spiro atoms. The van der Waals surface area contributed by atoms with Crippen LogP contribution >= 0.6 is 0 Å². The summed E-state index contributed by atoms with van der Waals surface area (Å²) < 4.78 is 6.71. The average Bonchev–Trinajstić information content (AvgIpc) is 3.62. The Morgan fingerprint density at radius 3 is 1.24 bits per heavy atom. The predicted molar refractivity (Wildman–Crippen MR) is 186 cm³/mol. The van der Waals surface area contributed by atoms with Crippen LogP contribution in [0.25, 0.3) is 0 Å². The summed E-state index contributed by atoms with van der Waals surface area (Å²) in [4.78, 5) is 0. The van der Waals surface area contributed by atoms with E-state index in [9.17, 15) is 40.9 Å². The normalized spacial score (nSPS) is 22.5. The third-order valence-corrected chi connectivity index (χ3v) is 10.9. The summed E-state index contributed by atoms with van der Waals surface area (Å²) in [6.07, 6.45) is -0.716. The van der Waals surface area contributed by atoms with Crippen LogP contribution in [0.3, 0.4) is 0 Å². The molecular formula is C42H32O9. The quantitative estimate of drug-likeness (QED) is 0.0931. The lowest BCUT2D eigenvalue weighted by atomic mass is 9.63. The van der Waals surface area contributed by atoms with Crippen LogP contribution in [0.4, 0.5) is 0 Å². The standard InChI is InChI=1S/C42H32O9/c43-22-7-1-19(2-8-22)34-36-28(13-25(46)16-31(36)49)39-35(20-3-9-23(44)10-4-20)37-29(14-26(47)17-32(37)50)41-38-30(40(34)39)15-27(48)18-33(38)51-42(41)21-5-11-24(45)12-6-21/h1-18,34-35,39-50H/t34-,35+,39-,40+,41+,42-/m1/s1. The van der Waals surface area contributed by atoms with Crippen LogP contribution in [0.5, 0.6) is 51.7 Å². The van der Waals surface area contributed by atoms with Gasteiger partial charge in [0.2, 0.25) is 0 Å². The third-order valence-electron chi connectivity index (χ3n) is 10.9. The molecule has 9 heteroatoms. The van der Waals surface area contributed by atoms with Crippen LogP contribution in [0.15, 0.2) is 109 Å². The van der Waals surface area contributed by atoms with Gasteiger partial charge >= 0.3 is 0 Å². The number of fused-ring (bicyclic) bond motifs is 6. The lowest BCUT2D eigenvalue weighted by Gasteiger charge is -2.39. The van der Waals surface area contributed by atoms with E-state index >= 15 is 0 Å². The van der Waals surface area contributed by atoms with Crippen molar-refractivity contribution in [2.24, 2.45) is 0 Å². The predicted octanol–water partition coefficient (Wildman–Crippen LogP) is 7.76. The van der Waals surface area contributed by atoms with E-state index in [0.717, 1.165) is 11.1 Å². The van der Waals surface area contributed by atoms with E-state index in [-0.39, 0.29) is 46.0 Å². The van der Waals surface area contributed by atoms with E-state index in [1.165, 1.54) is 12.1 Å². The molecule has 0 fully saturated rings. The zero-order valence-electron chi connectivity index (χ0n) is 26.8. The van der Waals surface area contributed by atoms with Crippen molar-refractivity contribution >= 4 is 0 Å². The molecule has 0 amide bonds. The van der Waals surface area contributed by atoms with E-state index in [1.807, 2.05) is 0 Å². The Kier molecular flexibility index (Phi) is 6.60. The highest BCUT2D eigenvalue weighted by atomic mass is 16.5. The van der Waals surface area contributed by atoms with Crippen molar-refractivity contribution in [2.75, 3.05) is 0 Å². The zero-order valence-corrected chi connectivity index (χ0v) is 26.8. The molecule has 0 saturated carbocycles. The van der Waals surface area contributed by atoms with Crippen LogP contribution < -0.4 is 4.74 Å². The number of rotatable bonds is 3. The Balaban J connectivity index is 1.44. The first kappa shape index (κ1) is 30.6. The first-order valence-corrected chi connectivity index (χ1v) is 16.6. The number of phenolic OH excluding ortho intramolecular Hbond substituents is 8. The zero-order chi connectivity index (χ0) is 35.3. The number of ether oxygens (including phenoxy) is 1. The van der Waals surface area contributed by atoms with Gasteiger partial charge in [-0.2, -0.15) is 0 Å². The second kappa shape index (κ2) is 11.0. The van der Waals surface area contributed by atoms with Crippen molar-refractivity contribution in [3.05, 3.63) is 159 Å². The van der Waals surface area contributed by atoms with Gasteiger partial charge in [0.25, 0.3) is 0 Å². The summed E-state index contributed by atoms with van der Waals surface area (Å²) in [5.41, 5.74) is 5.78. The number of hydrogen-bond acceptors (Lipinski definition) is 9. The first-order chi connectivity index (χ1) is 24.6. The summed E-state index contributed by atoms with van der Waals surface area (Å²) in [6.45, 7) is 0. The van der Waals surface area contributed by atoms with Crippen molar-refractivity contribution in [3.8, 4) is 51.7 Å². The summed E-state index contributed by atoms with van der Waals surface area (Å²) in [6, 6.07) is 29.0. The summed E-state index contributed by atoms with van der Waals surface area (Å²) in [5.74, 6) is -3.24. The van der Waals surface area contributed by atoms with Crippen LogP contribution in [0, 0.1) is 0 Å². The Hall–Kier alpha value is -6.48. The molecule has 1 heterocycles. The number of hydrogen-bond donors (Lipinski definition) is 8. The number of phenols is 8. The highest BCUT2D eigenvalue weighted by molar-refractivity contribution is 5.69. The number of benzene rings is 6. The van der Waals surface area contributed by atoms with Crippen molar-refractivity contribution in [1.82, 2.24) is 0 Å². The van der Waals surface area contributed by atoms with Crippen LogP contribution in [0.2, 0.25) is 0 Å². The fraction of sp³-hybridized carbons (Fsp3) is 0.143. The van der Waals surface area contributed by atoms with Crippen LogP contribution in [0.1, 0.15) is 85.8 Å². The van der Waals surface area contributed by atoms with E-state index in [0.29, 0.717) is 44.7 Å². The van der Waals surface area contributed by atoms with Gasteiger partial charge in [0.1, 0.15) is 57.8 Å². The summed E-state index contributed by atoms with van der Waals surface area (Å²) in [5, 5.41) is 87.9. The van der Waals surface area contributed by atoms with Gasteiger partial charge in [-0.1, -0.05) is 36.4 Å². The van der Waals surface area contributed by atoms with Gasteiger partial charge in [0.05, 0.1) is 5.92 Å².